The number of anilines is 1. The Morgan fingerprint density at radius 2 is 2.24 bits per heavy atom. The molecule has 0 bridgehead atoms. The van der Waals surface area contributed by atoms with Crippen LogP contribution in [0.25, 0.3) is 0 Å². The van der Waals surface area contributed by atoms with Crippen LogP contribution in [0.2, 0.25) is 0 Å². The zero-order chi connectivity index (χ0) is 15.4. The summed E-state index contributed by atoms with van der Waals surface area (Å²) < 4.78 is 1.65. The van der Waals surface area contributed by atoms with E-state index in [4.69, 9.17) is 0 Å². The SMILES string of the molecule is CNc1ccc([N+](=O)[O-])c(C(=O)NCc2nncn2C)c1. The Hall–Kier alpha value is -2.97. The van der Waals surface area contributed by atoms with E-state index in [1.54, 1.807) is 18.7 Å². The molecule has 0 spiro atoms. The monoisotopic (exact) mass is 290 g/mol. The highest BCUT2D eigenvalue weighted by molar-refractivity contribution is 5.99. The van der Waals surface area contributed by atoms with Gasteiger partial charge in [-0.05, 0) is 12.1 Å². The number of nitrogens with one attached hydrogen (secondary N) is 2. The first-order valence-electron chi connectivity index (χ1n) is 6.10. The first kappa shape index (κ1) is 14.4. The van der Waals surface area contributed by atoms with E-state index in [0.29, 0.717) is 11.5 Å². The molecule has 1 amide bonds. The molecule has 21 heavy (non-hydrogen) atoms. The maximum atomic E-state index is 12.1. The zero-order valence-corrected chi connectivity index (χ0v) is 11.5. The fourth-order valence-electron chi connectivity index (χ4n) is 1.75. The molecular weight excluding hydrogens is 276 g/mol. The second-order valence-electron chi connectivity index (χ2n) is 4.28. The molecule has 2 aromatic rings. The molecule has 0 fully saturated rings. The molecule has 0 aliphatic rings. The molecule has 0 saturated heterocycles. The molecule has 0 atom stereocenters. The second-order valence-corrected chi connectivity index (χ2v) is 4.28. The van der Waals surface area contributed by atoms with Crippen LogP contribution in [0.15, 0.2) is 24.5 Å². The normalized spacial score (nSPS) is 10.2. The van der Waals surface area contributed by atoms with Crippen molar-refractivity contribution in [2.75, 3.05) is 12.4 Å². The highest BCUT2D eigenvalue weighted by Crippen LogP contribution is 2.22. The molecule has 0 radical (unpaired) electrons. The van der Waals surface area contributed by atoms with Gasteiger partial charge in [-0.3, -0.25) is 14.9 Å². The van der Waals surface area contributed by atoms with Crippen LogP contribution in [0, 0.1) is 10.1 Å². The second kappa shape index (κ2) is 5.99. The Morgan fingerprint density at radius 3 is 2.81 bits per heavy atom. The number of nitro benzene ring substituents is 1. The van der Waals surface area contributed by atoms with Crippen LogP contribution >= 0.6 is 0 Å². The smallest absolute Gasteiger partial charge is 0.282 e. The van der Waals surface area contributed by atoms with E-state index < -0.39 is 10.8 Å². The Labute approximate surface area is 120 Å². The van der Waals surface area contributed by atoms with Gasteiger partial charge in [0, 0.05) is 25.8 Å². The number of amides is 1. The molecular formula is C12H14N6O3. The summed E-state index contributed by atoms with van der Waals surface area (Å²) in [5.74, 6) is 0.0116. The van der Waals surface area contributed by atoms with Gasteiger partial charge >= 0.3 is 0 Å². The molecule has 0 aliphatic carbocycles. The summed E-state index contributed by atoms with van der Waals surface area (Å²) in [5, 5.41) is 23.9. The molecule has 9 nitrogen and oxygen atoms in total. The fourth-order valence-corrected chi connectivity index (χ4v) is 1.75. The van der Waals surface area contributed by atoms with Gasteiger partial charge in [0.2, 0.25) is 0 Å². The highest BCUT2D eigenvalue weighted by atomic mass is 16.6. The molecule has 1 aromatic heterocycles. The topological polar surface area (TPSA) is 115 Å². The van der Waals surface area contributed by atoms with E-state index >= 15 is 0 Å². The van der Waals surface area contributed by atoms with Gasteiger partial charge < -0.3 is 15.2 Å². The number of rotatable bonds is 5. The van der Waals surface area contributed by atoms with Crippen molar-refractivity contribution in [2.24, 2.45) is 7.05 Å². The number of aromatic nitrogens is 3. The lowest BCUT2D eigenvalue weighted by Gasteiger charge is -2.07. The van der Waals surface area contributed by atoms with E-state index in [2.05, 4.69) is 20.8 Å². The van der Waals surface area contributed by atoms with E-state index in [0.717, 1.165) is 0 Å². The van der Waals surface area contributed by atoms with Crippen LogP contribution < -0.4 is 10.6 Å². The molecule has 9 heteroatoms. The van der Waals surface area contributed by atoms with Crippen LogP contribution in [-0.2, 0) is 13.6 Å². The summed E-state index contributed by atoms with van der Waals surface area (Å²) in [7, 11) is 3.41. The number of carbonyl (C=O) groups excluding carboxylic acids is 1. The minimum atomic E-state index is -0.587. The first-order chi connectivity index (χ1) is 10.0. The summed E-state index contributed by atoms with van der Waals surface area (Å²) >= 11 is 0. The van der Waals surface area contributed by atoms with E-state index in [9.17, 15) is 14.9 Å². The van der Waals surface area contributed by atoms with Crippen LogP contribution in [0.4, 0.5) is 11.4 Å². The molecule has 0 unspecified atom stereocenters. The quantitative estimate of drug-likeness (QED) is 0.618. The maximum absolute atomic E-state index is 12.1. The Morgan fingerprint density at radius 1 is 1.48 bits per heavy atom. The summed E-state index contributed by atoms with van der Waals surface area (Å²) in [4.78, 5) is 22.5. The minimum absolute atomic E-state index is 0.00554. The summed E-state index contributed by atoms with van der Waals surface area (Å²) in [5.41, 5.74) is 0.364. The number of nitrogens with zero attached hydrogens (tertiary/aromatic N) is 4. The third-order valence-electron chi connectivity index (χ3n) is 2.94. The van der Waals surface area contributed by atoms with Crippen LogP contribution in [0.3, 0.4) is 0 Å². The van der Waals surface area contributed by atoms with Crippen molar-refractivity contribution in [3.05, 3.63) is 46.0 Å². The van der Waals surface area contributed by atoms with E-state index in [1.807, 2.05) is 0 Å². The van der Waals surface area contributed by atoms with Gasteiger partial charge in [-0.2, -0.15) is 0 Å². The molecule has 2 N–H and O–H groups in total. The third kappa shape index (κ3) is 3.14. The van der Waals surface area contributed by atoms with E-state index in [-0.39, 0.29) is 17.8 Å². The summed E-state index contributed by atoms with van der Waals surface area (Å²) in [6.07, 6.45) is 1.51. The van der Waals surface area contributed by atoms with Gasteiger partial charge in [0.15, 0.2) is 5.82 Å². The maximum Gasteiger partial charge on any atom is 0.282 e. The molecule has 0 saturated carbocycles. The summed E-state index contributed by atoms with van der Waals surface area (Å²) in [6.45, 7) is 0.135. The Balaban J connectivity index is 2.21. The molecule has 2 rings (SSSR count). The number of hydrogen-bond donors (Lipinski definition) is 2. The molecule has 0 aliphatic heterocycles. The summed E-state index contributed by atoms with van der Waals surface area (Å²) in [6, 6.07) is 4.27. The molecule has 1 aromatic carbocycles. The Kier molecular flexibility index (Phi) is 4.12. The lowest BCUT2D eigenvalue weighted by molar-refractivity contribution is -0.385. The highest BCUT2D eigenvalue weighted by Gasteiger charge is 2.20. The van der Waals surface area contributed by atoms with Crippen molar-refractivity contribution in [2.45, 2.75) is 6.54 Å². The average molecular weight is 290 g/mol. The van der Waals surface area contributed by atoms with Gasteiger partial charge in [-0.1, -0.05) is 0 Å². The number of nitro groups is 1. The van der Waals surface area contributed by atoms with Crippen molar-refractivity contribution in [1.29, 1.82) is 0 Å². The average Bonchev–Trinajstić information content (AvgIpc) is 2.89. The standard InChI is InChI=1S/C12H14N6O3/c1-13-8-3-4-10(18(20)21)9(5-8)12(19)14-6-11-16-15-7-17(11)2/h3-5,7,13H,6H2,1-2H3,(H,14,19). The first-order valence-corrected chi connectivity index (χ1v) is 6.10. The molecule has 110 valence electrons. The van der Waals surface area contributed by atoms with Gasteiger partial charge in [0.25, 0.3) is 11.6 Å². The van der Waals surface area contributed by atoms with Gasteiger partial charge in [-0.15, -0.1) is 10.2 Å². The van der Waals surface area contributed by atoms with Crippen LogP contribution in [-0.4, -0.2) is 32.6 Å². The van der Waals surface area contributed by atoms with Crippen LogP contribution in [0.1, 0.15) is 16.2 Å². The zero-order valence-electron chi connectivity index (χ0n) is 11.5. The van der Waals surface area contributed by atoms with Crippen molar-refractivity contribution >= 4 is 17.3 Å². The van der Waals surface area contributed by atoms with Crippen molar-refractivity contribution in [3.63, 3.8) is 0 Å². The molecule has 1 heterocycles. The van der Waals surface area contributed by atoms with Gasteiger partial charge in [-0.25, -0.2) is 0 Å². The Bertz CT molecular complexity index is 681. The van der Waals surface area contributed by atoms with Crippen molar-refractivity contribution in [1.82, 2.24) is 20.1 Å². The van der Waals surface area contributed by atoms with Crippen LogP contribution in [0.5, 0.6) is 0 Å². The largest absolute Gasteiger partial charge is 0.388 e. The fraction of sp³-hybridized carbons (Fsp3) is 0.250. The minimum Gasteiger partial charge on any atom is -0.388 e. The lowest BCUT2D eigenvalue weighted by Crippen LogP contribution is -2.25. The predicted molar refractivity (Wildman–Crippen MR) is 74.8 cm³/mol. The number of aryl methyl sites for hydroxylation is 1. The van der Waals surface area contributed by atoms with E-state index in [1.165, 1.54) is 24.5 Å². The number of hydrogen-bond acceptors (Lipinski definition) is 6. The number of carbonyl (C=O) groups is 1. The van der Waals surface area contributed by atoms with Gasteiger partial charge in [0.05, 0.1) is 11.5 Å². The third-order valence-corrected chi connectivity index (χ3v) is 2.94. The predicted octanol–water partition coefficient (Wildman–Crippen LogP) is 0.695. The van der Waals surface area contributed by atoms with Crippen molar-refractivity contribution < 1.29 is 9.72 Å². The number of benzene rings is 1. The lowest BCUT2D eigenvalue weighted by atomic mass is 10.1. The van der Waals surface area contributed by atoms with Gasteiger partial charge in [0.1, 0.15) is 11.9 Å². The van der Waals surface area contributed by atoms with Crippen molar-refractivity contribution in [3.8, 4) is 0 Å².